The molecule has 0 bridgehead atoms. The SMILES string of the molecule is CC(CBr)OC(=O)Nc1cccc(F)c1. The summed E-state index contributed by atoms with van der Waals surface area (Å²) in [7, 11) is 0. The topological polar surface area (TPSA) is 38.3 Å². The summed E-state index contributed by atoms with van der Waals surface area (Å²) in [6, 6.07) is 5.62. The van der Waals surface area contributed by atoms with Crippen LogP contribution in [-0.4, -0.2) is 17.5 Å². The minimum Gasteiger partial charge on any atom is -0.445 e. The van der Waals surface area contributed by atoms with Gasteiger partial charge in [-0.05, 0) is 25.1 Å². The molecule has 5 heteroatoms. The Bertz CT molecular complexity index is 346. The van der Waals surface area contributed by atoms with E-state index in [2.05, 4.69) is 21.2 Å². The molecule has 1 unspecified atom stereocenters. The summed E-state index contributed by atoms with van der Waals surface area (Å²) in [5.41, 5.74) is 0.377. The van der Waals surface area contributed by atoms with E-state index < -0.39 is 11.9 Å². The van der Waals surface area contributed by atoms with Crippen LogP contribution in [0.2, 0.25) is 0 Å². The smallest absolute Gasteiger partial charge is 0.411 e. The van der Waals surface area contributed by atoms with Gasteiger partial charge in [0.2, 0.25) is 0 Å². The number of ether oxygens (including phenoxy) is 1. The summed E-state index contributed by atoms with van der Waals surface area (Å²) < 4.78 is 17.7. The highest BCUT2D eigenvalue weighted by Crippen LogP contribution is 2.09. The molecule has 0 saturated carbocycles. The number of alkyl halides is 1. The third-order valence-corrected chi connectivity index (χ3v) is 2.51. The molecule has 15 heavy (non-hydrogen) atoms. The predicted molar refractivity (Wildman–Crippen MR) is 59.8 cm³/mol. The summed E-state index contributed by atoms with van der Waals surface area (Å²) in [4.78, 5) is 11.2. The zero-order chi connectivity index (χ0) is 11.3. The van der Waals surface area contributed by atoms with Crippen molar-refractivity contribution in [1.29, 1.82) is 0 Å². The van der Waals surface area contributed by atoms with E-state index in [1.54, 1.807) is 13.0 Å². The van der Waals surface area contributed by atoms with E-state index in [0.717, 1.165) is 0 Å². The predicted octanol–water partition coefficient (Wildman–Crippen LogP) is 3.16. The minimum atomic E-state index is -0.590. The van der Waals surface area contributed by atoms with Gasteiger partial charge in [0, 0.05) is 11.0 Å². The summed E-state index contributed by atoms with van der Waals surface area (Å²) >= 11 is 3.18. The lowest BCUT2D eigenvalue weighted by atomic mass is 10.3. The second-order valence-electron chi connectivity index (χ2n) is 3.01. The van der Waals surface area contributed by atoms with Gasteiger partial charge >= 0.3 is 6.09 Å². The van der Waals surface area contributed by atoms with Crippen LogP contribution in [0.5, 0.6) is 0 Å². The van der Waals surface area contributed by atoms with Crippen LogP contribution in [-0.2, 0) is 4.74 Å². The highest BCUT2D eigenvalue weighted by molar-refractivity contribution is 9.09. The number of carbonyl (C=O) groups excluding carboxylic acids is 1. The summed E-state index contributed by atoms with van der Waals surface area (Å²) in [6.07, 6.45) is -0.814. The number of nitrogens with one attached hydrogen (secondary N) is 1. The molecule has 0 heterocycles. The van der Waals surface area contributed by atoms with Gasteiger partial charge in [-0.3, -0.25) is 5.32 Å². The Morgan fingerprint density at radius 1 is 1.67 bits per heavy atom. The second-order valence-corrected chi connectivity index (χ2v) is 3.65. The first kappa shape index (κ1) is 12.0. The fourth-order valence-electron chi connectivity index (χ4n) is 0.928. The number of carbonyl (C=O) groups is 1. The van der Waals surface area contributed by atoms with Crippen LogP contribution in [0, 0.1) is 5.82 Å². The number of hydrogen-bond donors (Lipinski definition) is 1. The van der Waals surface area contributed by atoms with E-state index in [4.69, 9.17) is 4.74 Å². The standard InChI is InChI=1S/C10H11BrFNO2/c1-7(6-11)15-10(14)13-9-4-2-3-8(12)5-9/h2-5,7H,6H2,1H3,(H,13,14). The molecule has 0 saturated heterocycles. The molecule has 1 N–H and O–H groups in total. The second kappa shape index (κ2) is 5.70. The Hall–Kier alpha value is -1.10. The number of benzene rings is 1. The van der Waals surface area contributed by atoms with Crippen molar-refractivity contribution >= 4 is 27.7 Å². The molecule has 0 aromatic heterocycles. The molecule has 0 aliphatic rings. The molecule has 1 amide bonds. The van der Waals surface area contributed by atoms with Crippen molar-refractivity contribution in [2.75, 3.05) is 10.6 Å². The molecular weight excluding hydrogens is 265 g/mol. The van der Waals surface area contributed by atoms with Crippen LogP contribution in [0.4, 0.5) is 14.9 Å². The van der Waals surface area contributed by atoms with Gasteiger partial charge < -0.3 is 4.74 Å². The molecule has 1 atom stereocenters. The van der Waals surface area contributed by atoms with Gasteiger partial charge in [0.15, 0.2) is 0 Å². The van der Waals surface area contributed by atoms with Crippen LogP contribution >= 0.6 is 15.9 Å². The van der Waals surface area contributed by atoms with Crippen molar-refractivity contribution in [2.45, 2.75) is 13.0 Å². The van der Waals surface area contributed by atoms with Crippen molar-refractivity contribution in [1.82, 2.24) is 0 Å². The van der Waals surface area contributed by atoms with Gasteiger partial charge in [-0.25, -0.2) is 9.18 Å². The number of rotatable bonds is 3. The quantitative estimate of drug-likeness (QED) is 0.861. The van der Waals surface area contributed by atoms with Gasteiger partial charge in [-0.2, -0.15) is 0 Å². The van der Waals surface area contributed by atoms with Crippen LogP contribution in [0.1, 0.15) is 6.92 Å². The molecular formula is C10H11BrFNO2. The molecule has 1 aromatic carbocycles. The molecule has 82 valence electrons. The van der Waals surface area contributed by atoms with Crippen molar-refractivity contribution in [3.8, 4) is 0 Å². The molecule has 3 nitrogen and oxygen atoms in total. The largest absolute Gasteiger partial charge is 0.445 e. The number of halogens is 2. The summed E-state index contributed by atoms with van der Waals surface area (Å²) in [5, 5.41) is 2.99. The van der Waals surface area contributed by atoms with Gasteiger partial charge in [0.25, 0.3) is 0 Å². The van der Waals surface area contributed by atoms with Gasteiger partial charge in [-0.1, -0.05) is 22.0 Å². The van der Waals surface area contributed by atoms with E-state index in [1.165, 1.54) is 18.2 Å². The van der Waals surface area contributed by atoms with E-state index in [9.17, 15) is 9.18 Å². The monoisotopic (exact) mass is 275 g/mol. The van der Waals surface area contributed by atoms with E-state index in [0.29, 0.717) is 11.0 Å². The summed E-state index contributed by atoms with van der Waals surface area (Å²) in [6.45, 7) is 1.75. The maximum atomic E-state index is 12.7. The zero-order valence-corrected chi connectivity index (χ0v) is 9.75. The Balaban J connectivity index is 2.51. The van der Waals surface area contributed by atoms with Crippen molar-refractivity contribution < 1.29 is 13.9 Å². The van der Waals surface area contributed by atoms with Crippen LogP contribution < -0.4 is 5.32 Å². The normalized spacial score (nSPS) is 11.9. The molecule has 1 aromatic rings. The Kier molecular flexibility index (Phi) is 4.55. The molecule has 0 spiro atoms. The van der Waals surface area contributed by atoms with Gasteiger partial charge in [0.1, 0.15) is 11.9 Å². The third kappa shape index (κ3) is 4.29. The summed E-state index contributed by atoms with van der Waals surface area (Å²) in [5.74, 6) is -0.402. The van der Waals surface area contributed by atoms with Crippen LogP contribution in [0.15, 0.2) is 24.3 Å². The number of hydrogen-bond acceptors (Lipinski definition) is 2. The Morgan fingerprint density at radius 2 is 2.40 bits per heavy atom. The lowest BCUT2D eigenvalue weighted by molar-refractivity contribution is 0.132. The molecule has 0 aliphatic carbocycles. The van der Waals surface area contributed by atoms with Crippen LogP contribution in [0.25, 0.3) is 0 Å². The zero-order valence-electron chi connectivity index (χ0n) is 8.17. The average molecular weight is 276 g/mol. The highest BCUT2D eigenvalue weighted by Gasteiger charge is 2.08. The lowest BCUT2D eigenvalue weighted by Gasteiger charge is -2.10. The van der Waals surface area contributed by atoms with Gasteiger partial charge in [-0.15, -0.1) is 0 Å². The lowest BCUT2D eigenvalue weighted by Crippen LogP contribution is -2.21. The third-order valence-electron chi connectivity index (χ3n) is 1.60. The number of amides is 1. The highest BCUT2D eigenvalue weighted by atomic mass is 79.9. The molecule has 0 radical (unpaired) electrons. The maximum Gasteiger partial charge on any atom is 0.411 e. The minimum absolute atomic E-state index is 0.224. The Morgan fingerprint density at radius 3 is 3.00 bits per heavy atom. The average Bonchev–Trinajstić information content (AvgIpc) is 2.17. The first-order valence-electron chi connectivity index (χ1n) is 4.41. The van der Waals surface area contributed by atoms with E-state index in [1.807, 2.05) is 0 Å². The molecule has 1 rings (SSSR count). The fraction of sp³-hybridized carbons (Fsp3) is 0.300. The first-order valence-corrected chi connectivity index (χ1v) is 5.53. The van der Waals surface area contributed by atoms with Crippen LogP contribution in [0.3, 0.4) is 0 Å². The van der Waals surface area contributed by atoms with E-state index >= 15 is 0 Å². The molecule has 0 aliphatic heterocycles. The molecule has 0 fully saturated rings. The van der Waals surface area contributed by atoms with E-state index in [-0.39, 0.29) is 6.10 Å². The van der Waals surface area contributed by atoms with Gasteiger partial charge in [0.05, 0.1) is 0 Å². The maximum absolute atomic E-state index is 12.7. The Labute approximate surface area is 95.7 Å². The van der Waals surface area contributed by atoms with Crippen molar-refractivity contribution in [2.24, 2.45) is 0 Å². The fourth-order valence-corrected chi connectivity index (χ4v) is 1.06. The van der Waals surface area contributed by atoms with Crippen molar-refractivity contribution in [3.05, 3.63) is 30.1 Å². The number of anilines is 1. The van der Waals surface area contributed by atoms with Crippen molar-refractivity contribution in [3.63, 3.8) is 0 Å². The first-order chi connectivity index (χ1) is 7.11.